The van der Waals surface area contributed by atoms with Crippen LogP contribution in [0.5, 0.6) is 0 Å². The maximum atomic E-state index is 12.9. The number of hydrogen-bond acceptors (Lipinski definition) is 6. The highest BCUT2D eigenvalue weighted by molar-refractivity contribution is 7.89. The first-order valence-electron chi connectivity index (χ1n) is 7.98. The minimum atomic E-state index is -3.60. The van der Waals surface area contributed by atoms with Crippen molar-refractivity contribution in [3.63, 3.8) is 0 Å². The van der Waals surface area contributed by atoms with Crippen LogP contribution in [0.3, 0.4) is 0 Å². The van der Waals surface area contributed by atoms with Crippen LogP contribution in [0, 0.1) is 0 Å². The van der Waals surface area contributed by atoms with Gasteiger partial charge in [0.05, 0.1) is 4.90 Å². The highest BCUT2D eigenvalue weighted by atomic mass is 32.2. The molecule has 1 unspecified atom stereocenters. The number of aromatic nitrogens is 3. The van der Waals surface area contributed by atoms with Crippen LogP contribution in [0.15, 0.2) is 64.1 Å². The summed E-state index contributed by atoms with van der Waals surface area (Å²) in [6.45, 7) is 0.434. The molecule has 3 aromatic rings. The summed E-state index contributed by atoms with van der Waals surface area (Å²) in [4.78, 5) is 8.83. The van der Waals surface area contributed by atoms with Gasteiger partial charge in [0.15, 0.2) is 0 Å². The van der Waals surface area contributed by atoms with E-state index < -0.39 is 16.1 Å². The molecule has 1 fully saturated rings. The minimum Gasteiger partial charge on any atom is -0.337 e. The molecule has 7 nitrogen and oxygen atoms in total. The average molecular weight is 356 g/mol. The van der Waals surface area contributed by atoms with Crippen molar-refractivity contribution in [3.05, 3.63) is 60.6 Å². The molecule has 0 radical (unpaired) electrons. The van der Waals surface area contributed by atoms with Gasteiger partial charge in [0.2, 0.25) is 21.7 Å². The third-order valence-electron chi connectivity index (χ3n) is 4.17. The molecule has 3 heterocycles. The summed E-state index contributed by atoms with van der Waals surface area (Å²) < 4.78 is 32.6. The fraction of sp³-hybridized carbons (Fsp3) is 0.235. The summed E-state index contributed by atoms with van der Waals surface area (Å²) in [5, 5.41) is 3.95. The molecule has 1 saturated heterocycles. The van der Waals surface area contributed by atoms with E-state index in [1.165, 1.54) is 4.31 Å². The van der Waals surface area contributed by atoms with Gasteiger partial charge >= 0.3 is 0 Å². The molecule has 0 aliphatic carbocycles. The van der Waals surface area contributed by atoms with Gasteiger partial charge in [-0.15, -0.1) is 0 Å². The molecule has 2 aromatic heterocycles. The van der Waals surface area contributed by atoms with Crippen LogP contribution in [0.1, 0.15) is 24.8 Å². The molecule has 0 N–H and O–H groups in total. The zero-order chi connectivity index (χ0) is 17.3. The van der Waals surface area contributed by atoms with Gasteiger partial charge < -0.3 is 4.52 Å². The first kappa shape index (κ1) is 15.9. The number of hydrogen-bond donors (Lipinski definition) is 0. The van der Waals surface area contributed by atoms with Gasteiger partial charge in [-0.2, -0.15) is 9.29 Å². The monoisotopic (exact) mass is 356 g/mol. The molecule has 0 saturated carbocycles. The van der Waals surface area contributed by atoms with Gasteiger partial charge in [0.25, 0.3) is 0 Å². The summed E-state index contributed by atoms with van der Waals surface area (Å²) in [7, 11) is -3.60. The number of rotatable bonds is 4. The second-order valence-corrected chi connectivity index (χ2v) is 7.65. The third-order valence-corrected chi connectivity index (χ3v) is 6.10. The Hall–Kier alpha value is -2.58. The number of sulfonamides is 1. The normalized spacial score (nSPS) is 18.5. The van der Waals surface area contributed by atoms with Crippen molar-refractivity contribution in [1.82, 2.24) is 19.4 Å². The van der Waals surface area contributed by atoms with Gasteiger partial charge in [-0.1, -0.05) is 29.4 Å². The van der Waals surface area contributed by atoms with E-state index in [1.54, 1.807) is 48.7 Å². The van der Waals surface area contributed by atoms with Crippen molar-refractivity contribution in [2.45, 2.75) is 23.8 Å². The molecule has 4 rings (SSSR count). The maximum Gasteiger partial charge on any atom is 0.245 e. The first-order chi connectivity index (χ1) is 12.2. The summed E-state index contributed by atoms with van der Waals surface area (Å²) in [6, 6.07) is 13.4. The Morgan fingerprint density at radius 3 is 2.64 bits per heavy atom. The van der Waals surface area contributed by atoms with E-state index in [1.807, 2.05) is 6.07 Å². The quantitative estimate of drug-likeness (QED) is 0.714. The van der Waals surface area contributed by atoms with Crippen LogP contribution in [-0.4, -0.2) is 34.4 Å². The van der Waals surface area contributed by atoms with Crippen molar-refractivity contribution in [3.8, 4) is 11.5 Å². The van der Waals surface area contributed by atoms with Crippen LogP contribution < -0.4 is 0 Å². The fourth-order valence-electron chi connectivity index (χ4n) is 2.97. The molecule has 1 aliphatic rings. The summed E-state index contributed by atoms with van der Waals surface area (Å²) in [5.74, 6) is 0.664. The Bertz CT molecular complexity index is 958. The standard InChI is InChI=1S/C17H16N4O3S/c22-25(23,13-7-2-1-3-8-13)21-12-6-10-15(21)17-19-16(20-24-17)14-9-4-5-11-18-14/h1-5,7-9,11,15H,6,10,12H2. The van der Waals surface area contributed by atoms with E-state index in [0.29, 0.717) is 30.4 Å². The molecule has 0 spiro atoms. The largest absolute Gasteiger partial charge is 0.337 e. The van der Waals surface area contributed by atoms with E-state index >= 15 is 0 Å². The zero-order valence-electron chi connectivity index (χ0n) is 13.3. The predicted octanol–water partition coefficient (Wildman–Crippen LogP) is 2.66. The highest BCUT2D eigenvalue weighted by Gasteiger charge is 2.39. The Morgan fingerprint density at radius 2 is 1.88 bits per heavy atom. The molecular weight excluding hydrogens is 340 g/mol. The topological polar surface area (TPSA) is 89.2 Å². The Labute approximate surface area is 145 Å². The maximum absolute atomic E-state index is 12.9. The molecule has 1 atom stereocenters. The summed E-state index contributed by atoms with van der Waals surface area (Å²) in [6.07, 6.45) is 3.04. The van der Waals surface area contributed by atoms with Gasteiger partial charge in [-0.25, -0.2) is 8.42 Å². The molecule has 1 aliphatic heterocycles. The average Bonchev–Trinajstić information content (AvgIpc) is 3.33. The lowest BCUT2D eigenvalue weighted by Gasteiger charge is -2.21. The number of nitrogens with zero attached hydrogens (tertiary/aromatic N) is 4. The van der Waals surface area contributed by atoms with Crippen molar-refractivity contribution in [1.29, 1.82) is 0 Å². The van der Waals surface area contributed by atoms with Gasteiger partial charge in [0.1, 0.15) is 11.7 Å². The second-order valence-electron chi connectivity index (χ2n) is 5.76. The lowest BCUT2D eigenvalue weighted by molar-refractivity contribution is 0.290. The number of pyridine rings is 1. The van der Waals surface area contributed by atoms with Gasteiger partial charge in [0, 0.05) is 12.7 Å². The van der Waals surface area contributed by atoms with E-state index in [4.69, 9.17) is 4.52 Å². The van der Waals surface area contributed by atoms with Crippen LogP contribution in [0.25, 0.3) is 11.5 Å². The third kappa shape index (κ3) is 2.94. The molecule has 8 heteroatoms. The second kappa shape index (κ2) is 6.38. The van der Waals surface area contributed by atoms with Crippen molar-refractivity contribution >= 4 is 10.0 Å². The molecule has 0 amide bonds. The summed E-state index contributed by atoms with van der Waals surface area (Å²) >= 11 is 0. The van der Waals surface area contributed by atoms with Crippen molar-refractivity contribution in [2.24, 2.45) is 0 Å². The molecule has 128 valence electrons. The van der Waals surface area contributed by atoms with E-state index in [0.717, 1.165) is 6.42 Å². The van der Waals surface area contributed by atoms with Crippen molar-refractivity contribution < 1.29 is 12.9 Å². The van der Waals surface area contributed by atoms with Crippen molar-refractivity contribution in [2.75, 3.05) is 6.54 Å². The lowest BCUT2D eigenvalue weighted by Crippen LogP contribution is -2.30. The van der Waals surface area contributed by atoms with Crippen LogP contribution >= 0.6 is 0 Å². The van der Waals surface area contributed by atoms with E-state index in [2.05, 4.69) is 15.1 Å². The predicted molar refractivity (Wildman–Crippen MR) is 89.8 cm³/mol. The first-order valence-corrected chi connectivity index (χ1v) is 9.42. The smallest absolute Gasteiger partial charge is 0.245 e. The van der Waals surface area contributed by atoms with E-state index in [-0.39, 0.29) is 4.90 Å². The Kier molecular flexibility index (Phi) is 4.06. The Balaban J connectivity index is 1.66. The molecule has 1 aromatic carbocycles. The highest BCUT2D eigenvalue weighted by Crippen LogP contribution is 2.36. The lowest BCUT2D eigenvalue weighted by atomic mass is 10.2. The minimum absolute atomic E-state index is 0.270. The van der Waals surface area contributed by atoms with Crippen LogP contribution in [-0.2, 0) is 10.0 Å². The SMILES string of the molecule is O=S(=O)(c1ccccc1)N1CCCC1c1nc(-c2ccccn2)no1. The number of benzene rings is 1. The Morgan fingerprint density at radius 1 is 1.08 bits per heavy atom. The molecule has 0 bridgehead atoms. The van der Waals surface area contributed by atoms with E-state index in [9.17, 15) is 8.42 Å². The van der Waals surface area contributed by atoms with Gasteiger partial charge in [-0.3, -0.25) is 4.98 Å². The van der Waals surface area contributed by atoms with Crippen LogP contribution in [0.4, 0.5) is 0 Å². The van der Waals surface area contributed by atoms with Gasteiger partial charge in [-0.05, 0) is 37.1 Å². The summed E-state index contributed by atoms with van der Waals surface area (Å²) in [5.41, 5.74) is 0.591. The fourth-order valence-corrected chi connectivity index (χ4v) is 4.64. The molecular formula is C17H16N4O3S. The van der Waals surface area contributed by atoms with Crippen LogP contribution in [0.2, 0.25) is 0 Å². The molecule has 25 heavy (non-hydrogen) atoms. The zero-order valence-corrected chi connectivity index (χ0v) is 14.1.